The summed E-state index contributed by atoms with van der Waals surface area (Å²) < 4.78 is 0. The molecule has 0 spiro atoms. The summed E-state index contributed by atoms with van der Waals surface area (Å²) in [6.07, 6.45) is 6.64. The van der Waals surface area contributed by atoms with Gasteiger partial charge in [0.15, 0.2) is 0 Å². The van der Waals surface area contributed by atoms with Gasteiger partial charge in [-0.1, -0.05) is 12.8 Å². The third kappa shape index (κ3) is 4.44. The number of carbonyl (C=O) groups excluding carboxylic acids is 1. The Hall–Kier alpha value is -1.69. The average Bonchev–Trinajstić information content (AvgIpc) is 3.10. The summed E-state index contributed by atoms with van der Waals surface area (Å²) in [7, 11) is 0. The van der Waals surface area contributed by atoms with Crippen LogP contribution in [0.25, 0.3) is 0 Å². The van der Waals surface area contributed by atoms with Gasteiger partial charge in [-0.15, -0.1) is 11.8 Å². The van der Waals surface area contributed by atoms with E-state index in [1.807, 2.05) is 23.9 Å². The van der Waals surface area contributed by atoms with Gasteiger partial charge in [0.1, 0.15) is 0 Å². The zero-order chi connectivity index (χ0) is 16.9. The molecule has 0 radical (unpaired) electrons. The maximum Gasteiger partial charge on any atom is 0.321 e. The van der Waals surface area contributed by atoms with Crippen molar-refractivity contribution >= 4 is 29.4 Å². The van der Waals surface area contributed by atoms with Crippen molar-refractivity contribution in [3.8, 4) is 0 Å². The second kappa shape index (κ2) is 7.92. The summed E-state index contributed by atoms with van der Waals surface area (Å²) in [5, 5.41) is 12.7. The molecule has 1 aromatic rings. The van der Waals surface area contributed by atoms with E-state index in [2.05, 4.69) is 17.4 Å². The number of nitrogens with one attached hydrogen (secondary N) is 1. The van der Waals surface area contributed by atoms with E-state index in [4.69, 9.17) is 5.11 Å². The van der Waals surface area contributed by atoms with Gasteiger partial charge in [0.25, 0.3) is 0 Å². The Morgan fingerprint density at radius 2 is 1.79 bits per heavy atom. The second-order valence-electron chi connectivity index (χ2n) is 6.60. The number of likely N-dealkylation sites (tertiary alicyclic amines) is 1. The van der Waals surface area contributed by atoms with Crippen molar-refractivity contribution in [3.63, 3.8) is 0 Å². The Bertz CT molecular complexity index is 584. The van der Waals surface area contributed by atoms with Crippen LogP contribution in [0.15, 0.2) is 29.2 Å². The number of hydrogen-bond acceptors (Lipinski definition) is 3. The van der Waals surface area contributed by atoms with Crippen LogP contribution in [-0.4, -0.2) is 40.3 Å². The predicted molar refractivity (Wildman–Crippen MR) is 95.5 cm³/mol. The quantitative estimate of drug-likeness (QED) is 0.861. The highest BCUT2D eigenvalue weighted by atomic mass is 32.2. The molecule has 2 amide bonds. The number of aliphatic carboxylic acids is 1. The Morgan fingerprint density at radius 3 is 2.46 bits per heavy atom. The van der Waals surface area contributed by atoms with E-state index in [-0.39, 0.29) is 12.6 Å². The number of hydrogen-bond donors (Lipinski definition) is 2. The van der Waals surface area contributed by atoms with Gasteiger partial charge >= 0.3 is 12.0 Å². The second-order valence-corrected chi connectivity index (χ2v) is 7.98. The third-order valence-electron chi connectivity index (χ3n) is 4.77. The standard InChI is InChI=1S/C18H24N2O3S/c21-17(22)13-4-3-11-20(12-13)18(23)19-14-7-9-16(10-8-14)24-15-5-1-2-6-15/h7-10,13,15H,1-6,11-12H2,(H,19,23)(H,21,22). The Labute approximate surface area is 146 Å². The highest BCUT2D eigenvalue weighted by Gasteiger charge is 2.28. The number of amides is 2. The SMILES string of the molecule is O=C(O)C1CCCN(C(=O)Nc2ccc(SC3CCCC3)cc2)C1. The number of anilines is 1. The summed E-state index contributed by atoms with van der Waals surface area (Å²) >= 11 is 1.92. The van der Waals surface area contributed by atoms with Crippen molar-refractivity contribution in [1.82, 2.24) is 4.90 Å². The fourth-order valence-corrected chi connectivity index (χ4v) is 4.63. The number of benzene rings is 1. The number of carboxylic acids is 1. The van der Waals surface area contributed by atoms with Gasteiger partial charge in [0.05, 0.1) is 5.92 Å². The highest BCUT2D eigenvalue weighted by Crippen LogP contribution is 2.35. The van der Waals surface area contributed by atoms with E-state index in [1.54, 1.807) is 4.90 Å². The monoisotopic (exact) mass is 348 g/mol. The van der Waals surface area contributed by atoms with Crippen LogP contribution in [0, 0.1) is 5.92 Å². The molecule has 2 fully saturated rings. The number of rotatable bonds is 4. The van der Waals surface area contributed by atoms with Crippen LogP contribution in [0.1, 0.15) is 38.5 Å². The van der Waals surface area contributed by atoms with Gasteiger partial charge in [-0.3, -0.25) is 4.79 Å². The molecule has 1 unspecified atom stereocenters. The van der Waals surface area contributed by atoms with E-state index in [1.165, 1.54) is 30.6 Å². The molecule has 1 aliphatic heterocycles. The highest BCUT2D eigenvalue weighted by molar-refractivity contribution is 8.00. The van der Waals surface area contributed by atoms with Crippen LogP contribution in [0.5, 0.6) is 0 Å². The zero-order valence-electron chi connectivity index (χ0n) is 13.7. The van der Waals surface area contributed by atoms with Gasteiger partial charge in [-0.2, -0.15) is 0 Å². The molecule has 130 valence electrons. The van der Waals surface area contributed by atoms with Crippen molar-refractivity contribution in [1.29, 1.82) is 0 Å². The smallest absolute Gasteiger partial charge is 0.321 e. The molecule has 5 nitrogen and oxygen atoms in total. The van der Waals surface area contributed by atoms with E-state index in [0.717, 1.165) is 17.4 Å². The molecule has 24 heavy (non-hydrogen) atoms. The van der Waals surface area contributed by atoms with Crippen LogP contribution in [-0.2, 0) is 4.79 Å². The summed E-state index contributed by atoms with van der Waals surface area (Å²) in [5.41, 5.74) is 0.758. The number of urea groups is 1. The molecule has 2 aliphatic rings. The molecule has 1 saturated carbocycles. The molecule has 0 aromatic heterocycles. The van der Waals surface area contributed by atoms with Crippen molar-refractivity contribution in [3.05, 3.63) is 24.3 Å². The number of nitrogens with zero attached hydrogens (tertiary/aromatic N) is 1. The zero-order valence-corrected chi connectivity index (χ0v) is 14.6. The molecule has 1 saturated heterocycles. The maximum atomic E-state index is 12.3. The van der Waals surface area contributed by atoms with Gasteiger partial charge in [0, 0.05) is 28.9 Å². The molecular formula is C18H24N2O3S. The minimum Gasteiger partial charge on any atom is -0.481 e. The number of carboxylic acid groups (broad SMARTS) is 1. The normalized spacial score (nSPS) is 21.7. The first-order chi connectivity index (χ1) is 11.6. The maximum absolute atomic E-state index is 12.3. The third-order valence-corrected chi connectivity index (χ3v) is 6.12. The summed E-state index contributed by atoms with van der Waals surface area (Å²) in [4.78, 5) is 26.3. The minimum absolute atomic E-state index is 0.211. The Balaban J connectivity index is 1.53. The van der Waals surface area contributed by atoms with Gasteiger partial charge in [-0.25, -0.2) is 4.79 Å². The first-order valence-electron chi connectivity index (χ1n) is 8.67. The number of thioether (sulfide) groups is 1. The molecule has 1 aromatic carbocycles. The molecule has 3 rings (SSSR count). The van der Waals surface area contributed by atoms with Crippen molar-refractivity contribution in [2.45, 2.75) is 48.7 Å². The van der Waals surface area contributed by atoms with Gasteiger partial charge in [-0.05, 0) is 49.9 Å². The Morgan fingerprint density at radius 1 is 1.08 bits per heavy atom. The van der Waals surface area contributed by atoms with Gasteiger partial charge < -0.3 is 15.3 Å². The van der Waals surface area contributed by atoms with E-state index >= 15 is 0 Å². The summed E-state index contributed by atoms with van der Waals surface area (Å²) in [5.74, 6) is -1.27. The first-order valence-corrected chi connectivity index (χ1v) is 9.55. The lowest BCUT2D eigenvalue weighted by Crippen LogP contribution is -2.44. The molecule has 0 bridgehead atoms. The van der Waals surface area contributed by atoms with Crippen molar-refractivity contribution < 1.29 is 14.7 Å². The fourth-order valence-electron chi connectivity index (χ4n) is 3.38. The predicted octanol–water partition coefficient (Wildman–Crippen LogP) is 4.05. The first kappa shape index (κ1) is 17.1. The van der Waals surface area contributed by atoms with Crippen molar-refractivity contribution in [2.75, 3.05) is 18.4 Å². The van der Waals surface area contributed by atoms with E-state index < -0.39 is 11.9 Å². The molecular weight excluding hydrogens is 324 g/mol. The number of carbonyl (C=O) groups is 2. The van der Waals surface area contributed by atoms with Crippen LogP contribution >= 0.6 is 11.8 Å². The number of piperidine rings is 1. The van der Waals surface area contributed by atoms with Crippen molar-refractivity contribution in [2.24, 2.45) is 5.92 Å². The summed E-state index contributed by atoms with van der Waals surface area (Å²) in [6, 6.07) is 7.74. The van der Waals surface area contributed by atoms with E-state index in [0.29, 0.717) is 13.0 Å². The largest absolute Gasteiger partial charge is 0.481 e. The van der Waals surface area contributed by atoms with Crippen LogP contribution in [0.4, 0.5) is 10.5 Å². The molecule has 1 aliphatic carbocycles. The molecule has 1 heterocycles. The van der Waals surface area contributed by atoms with Crippen LogP contribution in [0.2, 0.25) is 0 Å². The minimum atomic E-state index is -0.819. The lowest BCUT2D eigenvalue weighted by atomic mass is 9.99. The summed E-state index contributed by atoms with van der Waals surface area (Å²) in [6.45, 7) is 0.905. The molecule has 2 N–H and O–H groups in total. The fraction of sp³-hybridized carbons (Fsp3) is 0.556. The van der Waals surface area contributed by atoms with Crippen LogP contribution < -0.4 is 5.32 Å². The molecule has 1 atom stereocenters. The van der Waals surface area contributed by atoms with E-state index in [9.17, 15) is 9.59 Å². The Kier molecular flexibility index (Phi) is 5.66. The average molecular weight is 348 g/mol. The topological polar surface area (TPSA) is 69.6 Å². The van der Waals surface area contributed by atoms with Gasteiger partial charge in [0.2, 0.25) is 0 Å². The molecule has 6 heteroatoms. The van der Waals surface area contributed by atoms with Crippen LogP contribution in [0.3, 0.4) is 0 Å². The lowest BCUT2D eigenvalue weighted by molar-refractivity contribution is -0.143. The lowest BCUT2D eigenvalue weighted by Gasteiger charge is -2.30.